The van der Waals surface area contributed by atoms with Crippen molar-refractivity contribution >= 4 is 24.0 Å². The van der Waals surface area contributed by atoms with Gasteiger partial charge in [-0.15, -0.1) is 0 Å². The SMILES string of the molecule is C=C1C(=O)[C@@]23C([C@@H](OC(C)=O)C[C@@H]1[C@H]2O)[C@@]1(C=O)[C@H](C[C@H]3O)C(C)(C)CC[C@H]1OC(C)=O. The van der Waals surface area contributed by atoms with Gasteiger partial charge >= 0.3 is 11.9 Å². The Morgan fingerprint density at radius 1 is 1.12 bits per heavy atom. The summed E-state index contributed by atoms with van der Waals surface area (Å²) in [7, 11) is 0. The summed E-state index contributed by atoms with van der Waals surface area (Å²) in [5, 5.41) is 22.8. The fourth-order valence-electron chi connectivity index (χ4n) is 7.79. The Hall–Kier alpha value is -2.06. The molecule has 8 nitrogen and oxygen atoms in total. The number of ketones is 1. The molecule has 2 bridgehead atoms. The van der Waals surface area contributed by atoms with Gasteiger partial charge in [0.15, 0.2) is 5.78 Å². The molecule has 4 fully saturated rings. The van der Waals surface area contributed by atoms with Crippen molar-refractivity contribution in [2.75, 3.05) is 0 Å². The predicted molar refractivity (Wildman–Crippen MR) is 111 cm³/mol. The number of Topliss-reactive ketones (excluding diaryl/α,β-unsaturated/α-hetero) is 1. The van der Waals surface area contributed by atoms with E-state index in [1.54, 1.807) is 0 Å². The Balaban J connectivity index is 2.02. The number of aliphatic hydroxyl groups excluding tert-OH is 2. The summed E-state index contributed by atoms with van der Waals surface area (Å²) in [6, 6.07) is 0. The van der Waals surface area contributed by atoms with Crippen LogP contribution in [-0.2, 0) is 28.7 Å². The number of aliphatic hydroxyl groups is 2. The normalized spacial score (nSPS) is 46.6. The van der Waals surface area contributed by atoms with Crippen LogP contribution in [0.15, 0.2) is 12.2 Å². The highest BCUT2D eigenvalue weighted by atomic mass is 16.6. The Bertz CT molecular complexity index is 892. The summed E-state index contributed by atoms with van der Waals surface area (Å²) < 4.78 is 11.4. The van der Waals surface area contributed by atoms with Crippen molar-refractivity contribution < 1.29 is 38.9 Å². The van der Waals surface area contributed by atoms with Crippen LogP contribution in [0.3, 0.4) is 0 Å². The zero-order valence-corrected chi connectivity index (χ0v) is 19.0. The van der Waals surface area contributed by atoms with Gasteiger partial charge in [-0.1, -0.05) is 20.4 Å². The Kier molecular flexibility index (Phi) is 5.21. The van der Waals surface area contributed by atoms with Gasteiger partial charge in [-0.2, -0.15) is 0 Å². The molecule has 0 radical (unpaired) electrons. The summed E-state index contributed by atoms with van der Waals surface area (Å²) >= 11 is 0. The third-order valence-electron chi connectivity index (χ3n) is 8.91. The van der Waals surface area contributed by atoms with Crippen LogP contribution in [-0.4, -0.2) is 58.6 Å². The second kappa shape index (κ2) is 7.22. The van der Waals surface area contributed by atoms with E-state index in [0.29, 0.717) is 12.8 Å². The lowest BCUT2D eigenvalue weighted by molar-refractivity contribution is -0.271. The summed E-state index contributed by atoms with van der Waals surface area (Å²) in [4.78, 5) is 50.8. The van der Waals surface area contributed by atoms with Crippen LogP contribution < -0.4 is 0 Å². The monoisotopic (exact) mass is 448 g/mol. The molecular formula is C24H32O8. The minimum atomic E-state index is -1.75. The first-order chi connectivity index (χ1) is 14.8. The van der Waals surface area contributed by atoms with Crippen LogP contribution in [0.2, 0.25) is 0 Å². The number of ether oxygens (including phenoxy) is 2. The molecule has 0 aromatic heterocycles. The van der Waals surface area contributed by atoms with Crippen molar-refractivity contribution in [2.45, 2.75) is 77.8 Å². The molecule has 176 valence electrons. The van der Waals surface area contributed by atoms with E-state index in [-0.39, 0.29) is 18.4 Å². The molecule has 0 saturated heterocycles. The predicted octanol–water partition coefficient (Wildman–Crippen LogP) is 1.36. The third-order valence-corrected chi connectivity index (χ3v) is 8.91. The molecule has 8 heteroatoms. The van der Waals surface area contributed by atoms with E-state index in [2.05, 4.69) is 6.58 Å². The van der Waals surface area contributed by atoms with Gasteiger partial charge in [0, 0.05) is 25.7 Å². The number of hydrogen-bond donors (Lipinski definition) is 2. The first-order valence-corrected chi connectivity index (χ1v) is 11.3. The van der Waals surface area contributed by atoms with E-state index in [4.69, 9.17) is 9.47 Å². The van der Waals surface area contributed by atoms with Crippen LogP contribution in [0, 0.1) is 34.0 Å². The van der Waals surface area contributed by atoms with Gasteiger partial charge in [-0.3, -0.25) is 14.4 Å². The topological polar surface area (TPSA) is 127 Å². The Morgan fingerprint density at radius 2 is 1.75 bits per heavy atom. The van der Waals surface area contributed by atoms with E-state index in [0.717, 1.165) is 6.29 Å². The zero-order valence-electron chi connectivity index (χ0n) is 19.0. The van der Waals surface area contributed by atoms with Crippen LogP contribution in [0.5, 0.6) is 0 Å². The maximum Gasteiger partial charge on any atom is 0.302 e. The van der Waals surface area contributed by atoms with Gasteiger partial charge in [-0.05, 0) is 42.6 Å². The minimum absolute atomic E-state index is 0.0790. The number of carbonyl (C=O) groups is 4. The molecule has 0 aromatic rings. The van der Waals surface area contributed by atoms with Gasteiger partial charge < -0.3 is 24.5 Å². The second-order valence-electron chi connectivity index (χ2n) is 10.7. The molecule has 9 atom stereocenters. The Morgan fingerprint density at radius 3 is 2.31 bits per heavy atom. The smallest absolute Gasteiger partial charge is 0.302 e. The maximum atomic E-state index is 13.6. The highest BCUT2D eigenvalue weighted by molar-refractivity contribution is 6.05. The quantitative estimate of drug-likeness (QED) is 0.376. The highest BCUT2D eigenvalue weighted by Crippen LogP contribution is 2.71. The zero-order chi connectivity index (χ0) is 23.8. The van der Waals surface area contributed by atoms with Crippen molar-refractivity contribution in [3.63, 3.8) is 0 Å². The van der Waals surface area contributed by atoms with Crippen molar-refractivity contribution in [1.82, 2.24) is 0 Å². The van der Waals surface area contributed by atoms with Gasteiger partial charge in [0.1, 0.15) is 18.5 Å². The van der Waals surface area contributed by atoms with Gasteiger partial charge in [0.25, 0.3) is 0 Å². The molecule has 0 aliphatic heterocycles. The van der Waals surface area contributed by atoms with Crippen molar-refractivity contribution in [3.8, 4) is 0 Å². The number of carbonyl (C=O) groups excluding carboxylic acids is 4. The largest absolute Gasteiger partial charge is 0.462 e. The number of aldehydes is 1. The van der Waals surface area contributed by atoms with Crippen molar-refractivity contribution in [3.05, 3.63) is 12.2 Å². The molecule has 4 rings (SSSR count). The van der Waals surface area contributed by atoms with E-state index in [9.17, 15) is 29.4 Å². The number of esters is 2. The van der Waals surface area contributed by atoms with Crippen LogP contribution in [0.4, 0.5) is 0 Å². The number of fused-ring (bicyclic) bond motifs is 3. The lowest BCUT2D eigenvalue weighted by Gasteiger charge is -2.66. The van der Waals surface area contributed by atoms with Crippen LogP contribution in [0.25, 0.3) is 0 Å². The fourth-order valence-corrected chi connectivity index (χ4v) is 7.79. The Labute approximate surface area is 187 Å². The molecule has 2 N–H and O–H groups in total. The van der Waals surface area contributed by atoms with E-state index < -0.39 is 76.1 Å². The lowest BCUT2D eigenvalue weighted by atomic mass is 9.38. The van der Waals surface area contributed by atoms with Crippen LogP contribution in [0.1, 0.15) is 53.4 Å². The fraction of sp³-hybridized carbons (Fsp3) is 0.750. The maximum absolute atomic E-state index is 13.6. The van der Waals surface area contributed by atoms with Gasteiger partial charge in [0.05, 0.1) is 23.0 Å². The summed E-state index contributed by atoms with van der Waals surface area (Å²) in [6.07, 6.45) is -2.36. The first-order valence-electron chi connectivity index (χ1n) is 11.3. The van der Waals surface area contributed by atoms with E-state index >= 15 is 0 Å². The van der Waals surface area contributed by atoms with Gasteiger partial charge in [0.2, 0.25) is 0 Å². The summed E-state index contributed by atoms with van der Waals surface area (Å²) in [6.45, 7) is 10.4. The molecule has 1 unspecified atom stereocenters. The standard InChI is InChI=1S/C24H32O8/c1-11-14-8-15(31-12(2)26)19-23(10-25)16(9-17(28)24(19,20(11)29)21(14)30)22(4,5)7-6-18(23)32-13(3)27/h10,14-19,21,28,30H,1,6-9H2,2-5H3/t14-,15-,16+,17+,18+,19?,21+,23-,24+/m0/s1. The minimum Gasteiger partial charge on any atom is -0.462 e. The highest BCUT2D eigenvalue weighted by Gasteiger charge is 2.79. The number of hydrogen-bond acceptors (Lipinski definition) is 8. The average molecular weight is 449 g/mol. The molecule has 0 amide bonds. The molecule has 4 saturated carbocycles. The van der Waals surface area contributed by atoms with Gasteiger partial charge in [-0.25, -0.2) is 0 Å². The molecule has 0 heterocycles. The molecule has 4 aliphatic carbocycles. The summed E-state index contributed by atoms with van der Waals surface area (Å²) in [5.41, 5.74) is -3.42. The van der Waals surface area contributed by atoms with Crippen LogP contribution >= 0.6 is 0 Å². The number of rotatable bonds is 3. The second-order valence-corrected chi connectivity index (χ2v) is 10.7. The molecule has 32 heavy (non-hydrogen) atoms. The van der Waals surface area contributed by atoms with E-state index in [1.165, 1.54) is 13.8 Å². The summed E-state index contributed by atoms with van der Waals surface area (Å²) in [5.74, 6) is -3.83. The molecule has 4 aliphatic rings. The average Bonchev–Trinajstić information content (AvgIpc) is 2.80. The lowest BCUT2D eigenvalue weighted by Crippen LogP contribution is -2.74. The molecule has 1 spiro atoms. The molecular weight excluding hydrogens is 416 g/mol. The van der Waals surface area contributed by atoms with Crippen molar-refractivity contribution in [2.24, 2.45) is 34.0 Å². The third kappa shape index (κ3) is 2.68. The molecule has 0 aromatic carbocycles. The van der Waals surface area contributed by atoms with Crippen molar-refractivity contribution in [1.29, 1.82) is 0 Å². The first kappa shape index (κ1) is 23.1. The van der Waals surface area contributed by atoms with E-state index in [1.807, 2.05) is 13.8 Å².